The van der Waals surface area contributed by atoms with E-state index in [1.54, 1.807) is 0 Å². The van der Waals surface area contributed by atoms with Gasteiger partial charge >= 0.3 is 0 Å². The van der Waals surface area contributed by atoms with E-state index in [0.29, 0.717) is 12.6 Å². The van der Waals surface area contributed by atoms with Crippen LogP contribution in [0, 0.1) is 6.92 Å². The molecule has 2 fully saturated rings. The summed E-state index contributed by atoms with van der Waals surface area (Å²) in [6.07, 6.45) is 2.68. The van der Waals surface area contributed by atoms with Crippen LogP contribution in [-0.2, 0) is 0 Å². The molecule has 0 bridgehead atoms. The van der Waals surface area contributed by atoms with Gasteiger partial charge in [-0.1, -0.05) is 0 Å². The molecule has 2 aliphatic heterocycles. The van der Waals surface area contributed by atoms with Crippen LogP contribution in [0.1, 0.15) is 37.3 Å². The van der Waals surface area contributed by atoms with Crippen LogP contribution in [0.2, 0.25) is 0 Å². The fourth-order valence-electron chi connectivity index (χ4n) is 3.69. The molecule has 0 radical (unpaired) electrons. The Bertz CT molecular complexity index is 431. The largest absolute Gasteiger partial charge is 0.465 e. The molecule has 4 nitrogen and oxygen atoms in total. The lowest BCUT2D eigenvalue weighted by atomic mass is 10.0. The number of fused-ring (bicyclic) bond motifs is 1. The molecule has 1 aromatic rings. The third kappa shape index (κ3) is 2.45. The van der Waals surface area contributed by atoms with Crippen molar-refractivity contribution in [3.8, 4) is 0 Å². The van der Waals surface area contributed by atoms with E-state index in [4.69, 9.17) is 10.2 Å². The summed E-state index contributed by atoms with van der Waals surface area (Å²) in [6, 6.07) is 5.62. The van der Waals surface area contributed by atoms with Crippen LogP contribution < -0.4 is 5.73 Å². The summed E-state index contributed by atoms with van der Waals surface area (Å²) in [5.74, 6) is 2.00. The van der Waals surface area contributed by atoms with Crippen molar-refractivity contribution in [3.63, 3.8) is 0 Å². The fraction of sp³-hybridized carbons (Fsp3) is 0.733. The Morgan fingerprint density at radius 2 is 2.26 bits per heavy atom. The standard InChI is InChI=1S/C15H25N3O/c1-11-9-17-7-3-4-13(17)10-18(11)14(8-16)15-6-5-12(2)19-15/h5-6,11,13-14H,3-4,7-10,16H2,1-2H3. The molecule has 0 spiro atoms. The molecule has 2 saturated heterocycles. The number of aryl methyl sites for hydroxylation is 1. The number of nitrogens with two attached hydrogens (primary N) is 1. The molecule has 19 heavy (non-hydrogen) atoms. The van der Waals surface area contributed by atoms with E-state index < -0.39 is 0 Å². The molecule has 4 heteroatoms. The lowest BCUT2D eigenvalue weighted by Gasteiger charge is -2.45. The zero-order chi connectivity index (χ0) is 13.4. The highest BCUT2D eigenvalue weighted by molar-refractivity contribution is 5.11. The predicted octanol–water partition coefficient (Wildman–Crippen LogP) is 1.76. The zero-order valence-corrected chi connectivity index (χ0v) is 12.0. The number of hydrogen-bond donors (Lipinski definition) is 1. The number of hydrogen-bond acceptors (Lipinski definition) is 4. The lowest BCUT2D eigenvalue weighted by Crippen LogP contribution is -2.56. The third-order valence-corrected chi connectivity index (χ3v) is 4.70. The second-order valence-corrected chi connectivity index (χ2v) is 6.04. The highest BCUT2D eigenvalue weighted by Gasteiger charge is 2.38. The number of furan rings is 1. The summed E-state index contributed by atoms with van der Waals surface area (Å²) in [7, 11) is 0. The van der Waals surface area contributed by atoms with Crippen LogP contribution >= 0.6 is 0 Å². The van der Waals surface area contributed by atoms with Crippen molar-refractivity contribution in [1.29, 1.82) is 0 Å². The van der Waals surface area contributed by atoms with Crippen molar-refractivity contribution in [2.45, 2.75) is 44.8 Å². The monoisotopic (exact) mass is 263 g/mol. The summed E-state index contributed by atoms with van der Waals surface area (Å²) in [5.41, 5.74) is 6.03. The second-order valence-electron chi connectivity index (χ2n) is 6.04. The molecule has 3 rings (SSSR count). The molecule has 0 aromatic carbocycles. The minimum atomic E-state index is 0.228. The van der Waals surface area contributed by atoms with Gasteiger partial charge in [-0.05, 0) is 45.4 Å². The van der Waals surface area contributed by atoms with Gasteiger partial charge in [0.25, 0.3) is 0 Å². The Balaban J connectivity index is 1.78. The van der Waals surface area contributed by atoms with Gasteiger partial charge < -0.3 is 10.2 Å². The smallest absolute Gasteiger partial charge is 0.122 e. The Morgan fingerprint density at radius 3 is 2.95 bits per heavy atom. The van der Waals surface area contributed by atoms with Crippen molar-refractivity contribution >= 4 is 0 Å². The molecule has 0 saturated carbocycles. The summed E-state index contributed by atoms with van der Waals surface area (Å²) in [5, 5.41) is 0. The van der Waals surface area contributed by atoms with Crippen LogP contribution in [0.15, 0.2) is 16.5 Å². The van der Waals surface area contributed by atoms with E-state index in [-0.39, 0.29) is 6.04 Å². The summed E-state index contributed by atoms with van der Waals surface area (Å²) >= 11 is 0. The average Bonchev–Trinajstić information content (AvgIpc) is 2.99. The predicted molar refractivity (Wildman–Crippen MR) is 76.0 cm³/mol. The van der Waals surface area contributed by atoms with Crippen LogP contribution in [0.25, 0.3) is 0 Å². The topological polar surface area (TPSA) is 45.6 Å². The summed E-state index contributed by atoms with van der Waals surface area (Å²) in [4.78, 5) is 5.19. The Morgan fingerprint density at radius 1 is 1.42 bits per heavy atom. The van der Waals surface area contributed by atoms with Gasteiger partial charge in [0.15, 0.2) is 0 Å². The zero-order valence-electron chi connectivity index (χ0n) is 12.0. The Labute approximate surface area is 115 Å². The van der Waals surface area contributed by atoms with Gasteiger partial charge in [0.05, 0.1) is 6.04 Å². The van der Waals surface area contributed by atoms with Gasteiger partial charge in [-0.25, -0.2) is 0 Å². The van der Waals surface area contributed by atoms with Crippen molar-refractivity contribution in [3.05, 3.63) is 23.7 Å². The van der Waals surface area contributed by atoms with Crippen molar-refractivity contribution in [2.75, 3.05) is 26.2 Å². The molecule has 1 aromatic heterocycles. The molecular weight excluding hydrogens is 238 g/mol. The minimum absolute atomic E-state index is 0.228. The summed E-state index contributed by atoms with van der Waals surface area (Å²) < 4.78 is 5.81. The van der Waals surface area contributed by atoms with E-state index in [0.717, 1.165) is 24.1 Å². The Kier molecular flexibility index (Phi) is 3.65. The van der Waals surface area contributed by atoms with Gasteiger partial charge in [-0.3, -0.25) is 9.80 Å². The number of rotatable bonds is 3. The van der Waals surface area contributed by atoms with Gasteiger partial charge in [0, 0.05) is 31.7 Å². The fourth-order valence-corrected chi connectivity index (χ4v) is 3.69. The van der Waals surface area contributed by atoms with Crippen molar-refractivity contribution in [1.82, 2.24) is 9.80 Å². The van der Waals surface area contributed by atoms with E-state index in [2.05, 4.69) is 22.8 Å². The van der Waals surface area contributed by atoms with Gasteiger partial charge in [0.1, 0.15) is 11.5 Å². The molecule has 0 aliphatic carbocycles. The van der Waals surface area contributed by atoms with Crippen LogP contribution in [0.5, 0.6) is 0 Å². The van der Waals surface area contributed by atoms with E-state index >= 15 is 0 Å². The molecule has 3 unspecified atom stereocenters. The highest BCUT2D eigenvalue weighted by Crippen LogP contribution is 2.31. The van der Waals surface area contributed by atoms with Crippen LogP contribution in [0.3, 0.4) is 0 Å². The van der Waals surface area contributed by atoms with Crippen LogP contribution in [-0.4, -0.2) is 48.1 Å². The van der Waals surface area contributed by atoms with E-state index in [1.165, 1.54) is 25.9 Å². The quantitative estimate of drug-likeness (QED) is 0.902. The van der Waals surface area contributed by atoms with Crippen molar-refractivity contribution < 1.29 is 4.42 Å². The lowest BCUT2D eigenvalue weighted by molar-refractivity contribution is 0.0230. The first-order valence-electron chi connectivity index (χ1n) is 7.45. The van der Waals surface area contributed by atoms with E-state index in [9.17, 15) is 0 Å². The highest BCUT2D eigenvalue weighted by atomic mass is 16.3. The van der Waals surface area contributed by atoms with E-state index in [1.807, 2.05) is 13.0 Å². The van der Waals surface area contributed by atoms with Crippen LogP contribution in [0.4, 0.5) is 0 Å². The van der Waals surface area contributed by atoms with Gasteiger partial charge in [-0.2, -0.15) is 0 Å². The molecule has 3 heterocycles. The normalized spacial score (nSPS) is 30.5. The van der Waals surface area contributed by atoms with Gasteiger partial charge in [0.2, 0.25) is 0 Å². The second kappa shape index (κ2) is 5.27. The van der Waals surface area contributed by atoms with Crippen molar-refractivity contribution in [2.24, 2.45) is 5.73 Å². The molecule has 106 valence electrons. The van der Waals surface area contributed by atoms with Gasteiger partial charge in [-0.15, -0.1) is 0 Å². The maximum absolute atomic E-state index is 6.03. The molecule has 2 aliphatic rings. The first-order chi connectivity index (χ1) is 9.19. The molecular formula is C15H25N3O. The SMILES string of the molecule is Cc1ccc(C(CN)N2CC3CCCN3CC2C)o1. The first kappa shape index (κ1) is 13.2. The maximum Gasteiger partial charge on any atom is 0.122 e. The maximum atomic E-state index is 6.03. The summed E-state index contributed by atoms with van der Waals surface area (Å²) in [6.45, 7) is 8.51. The molecule has 3 atom stereocenters. The minimum Gasteiger partial charge on any atom is -0.465 e. The number of piperazine rings is 1. The number of nitrogens with zero attached hydrogens (tertiary/aromatic N) is 2. The third-order valence-electron chi connectivity index (χ3n) is 4.70. The Hall–Kier alpha value is -0.840. The average molecular weight is 263 g/mol. The molecule has 0 amide bonds. The first-order valence-corrected chi connectivity index (χ1v) is 7.45. The molecule has 2 N–H and O–H groups in total.